The average molecular weight is 227 g/mol. The minimum absolute atomic E-state index is 0.625. The van der Waals surface area contributed by atoms with Crippen molar-refractivity contribution >= 4 is 21.7 Å². The van der Waals surface area contributed by atoms with Crippen LogP contribution in [0.15, 0.2) is 16.7 Å². The lowest BCUT2D eigenvalue weighted by Crippen LogP contribution is -2.10. The van der Waals surface area contributed by atoms with E-state index in [1.54, 1.807) is 6.20 Å². The van der Waals surface area contributed by atoms with Crippen molar-refractivity contribution in [3.63, 3.8) is 0 Å². The molecule has 0 bridgehead atoms. The Hall–Kier alpha value is -0.570. The second kappa shape index (κ2) is 3.05. The van der Waals surface area contributed by atoms with E-state index in [1.165, 1.54) is 24.8 Å². The molecule has 2 N–H and O–H groups in total. The van der Waals surface area contributed by atoms with Crippen molar-refractivity contribution in [2.75, 3.05) is 5.73 Å². The van der Waals surface area contributed by atoms with Gasteiger partial charge in [0, 0.05) is 10.7 Å². The molecule has 1 aliphatic rings. The Morgan fingerprint density at radius 2 is 2.25 bits per heavy atom. The highest BCUT2D eigenvalue weighted by Crippen LogP contribution is 2.39. The smallest absolute Gasteiger partial charge is 0.123 e. The normalized spacial score (nSPS) is 17.4. The monoisotopic (exact) mass is 226 g/mol. The summed E-state index contributed by atoms with van der Waals surface area (Å²) in [6, 6.07) is 1.98. The topological polar surface area (TPSA) is 38.9 Å². The highest BCUT2D eigenvalue weighted by molar-refractivity contribution is 9.10. The molecule has 12 heavy (non-hydrogen) atoms. The molecule has 1 saturated carbocycles. The standard InChI is InChI=1S/C9H11BrN2/c10-8-5-12-9(11)4-7(8)6-2-1-3-6/h4-6H,1-3H2,(H2,11,12). The first-order valence-electron chi connectivity index (χ1n) is 4.18. The molecule has 0 radical (unpaired) electrons. The SMILES string of the molecule is Nc1cc(C2CCC2)c(Br)cn1. The minimum atomic E-state index is 0.625. The van der Waals surface area contributed by atoms with Gasteiger partial charge >= 0.3 is 0 Å². The van der Waals surface area contributed by atoms with Gasteiger partial charge in [0.2, 0.25) is 0 Å². The van der Waals surface area contributed by atoms with E-state index in [4.69, 9.17) is 5.73 Å². The molecule has 1 heterocycles. The summed E-state index contributed by atoms with van der Waals surface area (Å²) in [7, 11) is 0. The number of aromatic nitrogens is 1. The zero-order chi connectivity index (χ0) is 8.55. The van der Waals surface area contributed by atoms with Crippen molar-refractivity contribution in [1.29, 1.82) is 0 Å². The van der Waals surface area contributed by atoms with Crippen molar-refractivity contribution in [1.82, 2.24) is 4.98 Å². The van der Waals surface area contributed by atoms with Gasteiger partial charge in [-0.05, 0) is 46.3 Å². The van der Waals surface area contributed by atoms with E-state index < -0.39 is 0 Å². The van der Waals surface area contributed by atoms with Crippen LogP contribution in [0.25, 0.3) is 0 Å². The summed E-state index contributed by atoms with van der Waals surface area (Å²) in [5, 5.41) is 0. The lowest BCUT2D eigenvalue weighted by Gasteiger charge is -2.26. The van der Waals surface area contributed by atoms with Crippen LogP contribution in [0.2, 0.25) is 0 Å². The number of hydrogen-bond acceptors (Lipinski definition) is 2. The van der Waals surface area contributed by atoms with Crippen molar-refractivity contribution in [2.45, 2.75) is 25.2 Å². The molecule has 1 aromatic rings. The average Bonchev–Trinajstić information content (AvgIpc) is 1.93. The Balaban J connectivity index is 2.34. The van der Waals surface area contributed by atoms with Gasteiger partial charge in [-0.2, -0.15) is 0 Å². The van der Waals surface area contributed by atoms with E-state index in [1.807, 2.05) is 6.07 Å². The fourth-order valence-electron chi connectivity index (χ4n) is 1.50. The molecule has 0 unspecified atom stereocenters. The van der Waals surface area contributed by atoms with Crippen molar-refractivity contribution in [2.24, 2.45) is 0 Å². The summed E-state index contributed by atoms with van der Waals surface area (Å²) in [6.45, 7) is 0. The van der Waals surface area contributed by atoms with Crippen molar-refractivity contribution in [3.8, 4) is 0 Å². The second-order valence-corrected chi connectivity index (χ2v) is 4.11. The van der Waals surface area contributed by atoms with Gasteiger partial charge in [-0.1, -0.05) is 6.42 Å². The van der Waals surface area contributed by atoms with E-state index in [-0.39, 0.29) is 0 Å². The van der Waals surface area contributed by atoms with E-state index in [0.717, 1.165) is 4.47 Å². The Morgan fingerprint density at radius 3 is 2.83 bits per heavy atom. The number of nitrogens with two attached hydrogens (primary N) is 1. The third kappa shape index (κ3) is 1.33. The fourth-order valence-corrected chi connectivity index (χ4v) is 2.04. The number of hydrogen-bond donors (Lipinski definition) is 1. The number of pyridine rings is 1. The molecule has 0 aliphatic heterocycles. The van der Waals surface area contributed by atoms with Crippen LogP contribution in [0.4, 0.5) is 5.82 Å². The Labute approximate surface area is 80.3 Å². The predicted molar refractivity (Wildman–Crippen MR) is 52.9 cm³/mol. The highest BCUT2D eigenvalue weighted by atomic mass is 79.9. The third-order valence-electron chi connectivity index (χ3n) is 2.45. The van der Waals surface area contributed by atoms with Crippen LogP contribution < -0.4 is 5.73 Å². The summed E-state index contributed by atoms with van der Waals surface area (Å²) in [6.07, 6.45) is 5.73. The summed E-state index contributed by atoms with van der Waals surface area (Å²) in [5.41, 5.74) is 6.94. The number of anilines is 1. The zero-order valence-corrected chi connectivity index (χ0v) is 8.34. The maximum Gasteiger partial charge on any atom is 0.123 e. The van der Waals surface area contributed by atoms with Gasteiger partial charge in [0.25, 0.3) is 0 Å². The van der Waals surface area contributed by atoms with Crippen LogP contribution in [0.3, 0.4) is 0 Å². The van der Waals surface area contributed by atoms with Gasteiger partial charge < -0.3 is 5.73 Å². The Bertz CT molecular complexity index is 295. The maximum absolute atomic E-state index is 5.61. The zero-order valence-electron chi connectivity index (χ0n) is 6.76. The van der Waals surface area contributed by atoms with Crippen molar-refractivity contribution < 1.29 is 0 Å². The molecule has 64 valence electrons. The molecule has 0 spiro atoms. The number of halogens is 1. The van der Waals surface area contributed by atoms with Crippen molar-refractivity contribution in [3.05, 3.63) is 22.3 Å². The lowest BCUT2D eigenvalue weighted by molar-refractivity contribution is 0.418. The molecular formula is C9H11BrN2. The highest BCUT2D eigenvalue weighted by Gasteiger charge is 2.21. The van der Waals surface area contributed by atoms with E-state index in [0.29, 0.717) is 11.7 Å². The third-order valence-corrected chi connectivity index (χ3v) is 3.11. The van der Waals surface area contributed by atoms with Gasteiger partial charge in [0.1, 0.15) is 5.82 Å². The number of rotatable bonds is 1. The van der Waals surface area contributed by atoms with Crippen LogP contribution in [0.1, 0.15) is 30.7 Å². The quantitative estimate of drug-likeness (QED) is 0.800. The lowest BCUT2D eigenvalue weighted by atomic mass is 9.80. The molecular weight excluding hydrogens is 216 g/mol. The summed E-state index contributed by atoms with van der Waals surface area (Å²) >= 11 is 3.49. The largest absolute Gasteiger partial charge is 0.384 e. The van der Waals surface area contributed by atoms with Gasteiger partial charge in [0.15, 0.2) is 0 Å². The van der Waals surface area contributed by atoms with E-state index in [9.17, 15) is 0 Å². The number of nitrogens with zero attached hydrogens (tertiary/aromatic N) is 1. The summed E-state index contributed by atoms with van der Waals surface area (Å²) in [4.78, 5) is 4.01. The molecule has 1 fully saturated rings. The summed E-state index contributed by atoms with van der Waals surface area (Å²) < 4.78 is 1.10. The first kappa shape index (κ1) is 8.05. The Morgan fingerprint density at radius 1 is 1.50 bits per heavy atom. The molecule has 0 aromatic carbocycles. The van der Waals surface area contributed by atoms with Gasteiger partial charge in [-0.3, -0.25) is 0 Å². The molecule has 0 amide bonds. The van der Waals surface area contributed by atoms with Crippen LogP contribution in [0.5, 0.6) is 0 Å². The molecule has 0 atom stereocenters. The molecule has 2 rings (SSSR count). The van der Waals surface area contributed by atoms with E-state index in [2.05, 4.69) is 20.9 Å². The van der Waals surface area contributed by atoms with E-state index >= 15 is 0 Å². The fraction of sp³-hybridized carbons (Fsp3) is 0.444. The molecule has 0 saturated heterocycles. The van der Waals surface area contributed by atoms with Gasteiger partial charge in [-0.15, -0.1) is 0 Å². The number of nitrogen functional groups attached to an aromatic ring is 1. The Kier molecular flexibility index (Phi) is 2.05. The minimum Gasteiger partial charge on any atom is -0.384 e. The molecule has 1 aromatic heterocycles. The van der Waals surface area contributed by atoms with Crippen LogP contribution in [0, 0.1) is 0 Å². The predicted octanol–water partition coefficient (Wildman–Crippen LogP) is 2.69. The molecule has 1 aliphatic carbocycles. The van der Waals surface area contributed by atoms with Gasteiger partial charge in [-0.25, -0.2) is 4.98 Å². The second-order valence-electron chi connectivity index (χ2n) is 3.26. The van der Waals surface area contributed by atoms with Crippen LogP contribution in [-0.2, 0) is 0 Å². The van der Waals surface area contributed by atoms with Crippen LogP contribution in [-0.4, -0.2) is 4.98 Å². The molecule has 3 heteroatoms. The molecule has 2 nitrogen and oxygen atoms in total. The first-order chi connectivity index (χ1) is 5.77. The summed E-state index contributed by atoms with van der Waals surface area (Å²) in [5.74, 6) is 1.34. The first-order valence-corrected chi connectivity index (χ1v) is 4.97. The maximum atomic E-state index is 5.61. The van der Waals surface area contributed by atoms with Gasteiger partial charge in [0.05, 0.1) is 0 Å². The van der Waals surface area contributed by atoms with Crippen LogP contribution >= 0.6 is 15.9 Å².